The fourth-order valence-corrected chi connectivity index (χ4v) is 3.57. The Hall–Kier alpha value is -1.67. The number of halogens is 1. The monoisotopic (exact) mass is 283 g/mol. The maximum atomic E-state index is 14.1. The number of hydrogen-bond acceptors (Lipinski definition) is 1. The van der Waals surface area contributed by atoms with E-state index in [9.17, 15) is 4.39 Å². The Labute approximate surface area is 126 Å². The van der Waals surface area contributed by atoms with E-state index in [0.717, 1.165) is 36.8 Å². The smallest absolute Gasteiger partial charge is 0.128 e. The van der Waals surface area contributed by atoms with Gasteiger partial charge in [0.15, 0.2) is 0 Å². The van der Waals surface area contributed by atoms with E-state index >= 15 is 0 Å². The summed E-state index contributed by atoms with van der Waals surface area (Å²) < 4.78 is 14.1. The second-order valence-electron chi connectivity index (χ2n) is 5.79. The van der Waals surface area contributed by atoms with Gasteiger partial charge in [0.2, 0.25) is 0 Å². The van der Waals surface area contributed by atoms with Crippen molar-refractivity contribution in [1.82, 2.24) is 0 Å². The molecule has 110 valence electrons. The second-order valence-corrected chi connectivity index (χ2v) is 5.79. The van der Waals surface area contributed by atoms with Crippen molar-refractivity contribution in [2.45, 2.75) is 45.6 Å². The molecular formula is C19H22FN. The summed E-state index contributed by atoms with van der Waals surface area (Å²) in [5.74, 6) is -0.147. The zero-order valence-electron chi connectivity index (χ0n) is 12.7. The van der Waals surface area contributed by atoms with Crippen LogP contribution in [0.3, 0.4) is 0 Å². The predicted octanol–water partition coefficient (Wildman–Crippen LogP) is 4.56. The molecule has 2 aromatic rings. The van der Waals surface area contributed by atoms with Crippen molar-refractivity contribution in [2.75, 3.05) is 0 Å². The van der Waals surface area contributed by atoms with Gasteiger partial charge in [-0.3, -0.25) is 0 Å². The normalized spacial score (nSPS) is 17.0. The van der Waals surface area contributed by atoms with Crippen LogP contribution in [0.1, 0.15) is 48.6 Å². The SMILES string of the molecule is CCc1cccc(CC)c1-c1ccc(F)c2c1CC[C@H]2N. The van der Waals surface area contributed by atoms with Gasteiger partial charge in [-0.05, 0) is 59.6 Å². The molecule has 0 unspecified atom stereocenters. The molecule has 0 fully saturated rings. The van der Waals surface area contributed by atoms with Crippen molar-refractivity contribution in [2.24, 2.45) is 5.73 Å². The number of fused-ring (bicyclic) bond motifs is 1. The first kappa shape index (κ1) is 14.3. The highest BCUT2D eigenvalue weighted by molar-refractivity contribution is 5.76. The van der Waals surface area contributed by atoms with Crippen LogP contribution < -0.4 is 5.73 Å². The van der Waals surface area contributed by atoms with Gasteiger partial charge >= 0.3 is 0 Å². The highest BCUT2D eigenvalue weighted by Crippen LogP contribution is 2.40. The molecule has 0 spiro atoms. The van der Waals surface area contributed by atoms with E-state index in [-0.39, 0.29) is 11.9 Å². The third-order valence-electron chi connectivity index (χ3n) is 4.65. The Morgan fingerprint density at radius 2 is 1.76 bits per heavy atom. The second kappa shape index (κ2) is 5.61. The van der Waals surface area contributed by atoms with Crippen LogP contribution in [-0.4, -0.2) is 0 Å². The number of hydrogen-bond donors (Lipinski definition) is 1. The molecule has 1 aliphatic rings. The zero-order valence-corrected chi connectivity index (χ0v) is 12.7. The summed E-state index contributed by atoms with van der Waals surface area (Å²) in [7, 11) is 0. The molecule has 2 aromatic carbocycles. The number of nitrogens with two attached hydrogens (primary N) is 1. The average molecular weight is 283 g/mol. The fraction of sp³-hybridized carbons (Fsp3) is 0.368. The lowest BCUT2D eigenvalue weighted by Crippen LogP contribution is -2.08. The van der Waals surface area contributed by atoms with Crippen LogP contribution in [0, 0.1) is 5.82 Å². The van der Waals surface area contributed by atoms with Crippen molar-refractivity contribution >= 4 is 0 Å². The number of aryl methyl sites for hydroxylation is 2. The first-order chi connectivity index (χ1) is 10.2. The molecule has 0 heterocycles. The summed E-state index contributed by atoms with van der Waals surface area (Å²) in [4.78, 5) is 0. The molecule has 3 rings (SSSR count). The zero-order chi connectivity index (χ0) is 15.0. The Bertz CT molecular complexity index is 653. The van der Waals surface area contributed by atoms with Crippen LogP contribution in [-0.2, 0) is 19.3 Å². The van der Waals surface area contributed by atoms with Crippen LogP contribution in [0.25, 0.3) is 11.1 Å². The van der Waals surface area contributed by atoms with E-state index in [2.05, 4.69) is 32.0 Å². The van der Waals surface area contributed by atoms with E-state index in [1.807, 2.05) is 6.07 Å². The molecule has 0 aliphatic heterocycles. The summed E-state index contributed by atoms with van der Waals surface area (Å²) in [6.07, 6.45) is 3.70. The van der Waals surface area contributed by atoms with Gasteiger partial charge in [-0.15, -0.1) is 0 Å². The van der Waals surface area contributed by atoms with Crippen LogP contribution in [0.4, 0.5) is 4.39 Å². The first-order valence-electron chi connectivity index (χ1n) is 7.85. The Morgan fingerprint density at radius 1 is 1.10 bits per heavy atom. The largest absolute Gasteiger partial charge is 0.324 e. The molecule has 0 saturated carbocycles. The van der Waals surface area contributed by atoms with Gasteiger partial charge in [0.05, 0.1) is 0 Å². The summed E-state index contributed by atoms with van der Waals surface area (Å²) in [5, 5.41) is 0. The maximum Gasteiger partial charge on any atom is 0.128 e. The maximum absolute atomic E-state index is 14.1. The fourth-order valence-electron chi connectivity index (χ4n) is 3.57. The molecule has 21 heavy (non-hydrogen) atoms. The van der Waals surface area contributed by atoms with Crippen molar-refractivity contribution in [3.8, 4) is 11.1 Å². The van der Waals surface area contributed by atoms with Crippen LogP contribution >= 0.6 is 0 Å². The highest BCUT2D eigenvalue weighted by Gasteiger charge is 2.26. The molecule has 0 bridgehead atoms. The lowest BCUT2D eigenvalue weighted by atomic mass is 9.88. The Morgan fingerprint density at radius 3 is 2.38 bits per heavy atom. The van der Waals surface area contributed by atoms with Crippen LogP contribution in [0.15, 0.2) is 30.3 Å². The minimum atomic E-state index is -0.154. The van der Waals surface area contributed by atoms with Gasteiger partial charge in [0.25, 0.3) is 0 Å². The molecule has 0 aromatic heterocycles. The van der Waals surface area contributed by atoms with E-state index in [4.69, 9.17) is 5.73 Å². The molecule has 0 amide bonds. The number of rotatable bonds is 3. The lowest BCUT2D eigenvalue weighted by Gasteiger charge is -2.17. The summed E-state index contributed by atoms with van der Waals surface area (Å²) >= 11 is 0. The molecule has 1 atom stereocenters. The van der Waals surface area contributed by atoms with Crippen LogP contribution in [0.5, 0.6) is 0 Å². The van der Waals surface area contributed by atoms with Gasteiger partial charge < -0.3 is 5.73 Å². The quantitative estimate of drug-likeness (QED) is 0.877. The third kappa shape index (κ3) is 2.28. The van der Waals surface area contributed by atoms with Gasteiger partial charge in [-0.2, -0.15) is 0 Å². The van der Waals surface area contributed by atoms with Gasteiger partial charge in [-0.25, -0.2) is 4.39 Å². The van der Waals surface area contributed by atoms with Crippen molar-refractivity contribution in [3.63, 3.8) is 0 Å². The van der Waals surface area contributed by atoms with E-state index in [1.165, 1.54) is 22.3 Å². The minimum absolute atomic E-state index is 0.147. The molecular weight excluding hydrogens is 261 g/mol. The first-order valence-corrected chi connectivity index (χ1v) is 7.85. The predicted molar refractivity (Wildman–Crippen MR) is 85.8 cm³/mol. The van der Waals surface area contributed by atoms with E-state index in [0.29, 0.717) is 0 Å². The van der Waals surface area contributed by atoms with Crippen molar-refractivity contribution in [3.05, 3.63) is 58.4 Å². The molecule has 1 aliphatic carbocycles. The topological polar surface area (TPSA) is 26.0 Å². The van der Waals surface area contributed by atoms with Crippen LogP contribution in [0.2, 0.25) is 0 Å². The van der Waals surface area contributed by atoms with Gasteiger partial charge in [0.1, 0.15) is 5.82 Å². The Kier molecular flexibility index (Phi) is 3.81. The van der Waals surface area contributed by atoms with E-state index < -0.39 is 0 Å². The highest BCUT2D eigenvalue weighted by atomic mass is 19.1. The average Bonchev–Trinajstić information content (AvgIpc) is 2.90. The van der Waals surface area contributed by atoms with Gasteiger partial charge in [-0.1, -0.05) is 38.1 Å². The van der Waals surface area contributed by atoms with Crippen molar-refractivity contribution in [1.29, 1.82) is 0 Å². The summed E-state index contributed by atoms with van der Waals surface area (Å²) in [5.41, 5.74) is 13.1. The molecule has 2 N–H and O–H groups in total. The molecule has 0 radical (unpaired) electrons. The number of benzene rings is 2. The Balaban J connectivity index is 2.28. The molecule has 1 nitrogen and oxygen atoms in total. The minimum Gasteiger partial charge on any atom is -0.324 e. The molecule has 2 heteroatoms. The third-order valence-corrected chi connectivity index (χ3v) is 4.65. The summed E-state index contributed by atoms with van der Waals surface area (Å²) in [6, 6.07) is 9.86. The van der Waals surface area contributed by atoms with Gasteiger partial charge in [0, 0.05) is 11.6 Å². The molecule has 0 saturated heterocycles. The standard InChI is InChI=1S/C19H22FN/c1-3-12-6-5-7-13(4-2)18(12)14-8-10-16(20)19-15(14)9-11-17(19)21/h5-8,10,17H,3-4,9,11,21H2,1-2H3/t17-/m1/s1. The lowest BCUT2D eigenvalue weighted by molar-refractivity contribution is 0.589. The van der Waals surface area contributed by atoms with E-state index in [1.54, 1.807) is 6.07 Å². The van der Waals surface area contributed by atoms with Crippen molar-refractivity contribution < 1.29 is 4.39 Å². The summed E-state index contributed by atoms with van der Waals surface area (Å²) in [6.45, 7) is 4.35.